The maximum atomic E-state index is 14.6. The Labute approximate surface area is 202 Å². The fraction of sp³-hybridized carbons (Fsp3) is 0.241. The first-order chi connectivity index (χ1) is 16.9. The second-order valence-electron chi connectivity index (χ2n) is 8.45. The normalized spacial score (nSPS) is 10.9. The zero-order valence-corrected chi connectivity index (χ0v) is 19.3. The van der Waals surface area contributed by atoms with Gasteiger partial charge < -0.3 is 0 Å². The van der Waals surface area contributed by atoms with Crippen LogP contribution in [0.5, 0.6) is 0 Å². The average Bonchev–Trinajstić information content (AvgIpc) is 2.86. The quantitative estimate of drug-likeness (QED) is 0.123. The third kappa shape index (κ3) is 6.05. The summed E-state index contributed by atoms with van der Waals surface area (Å²) in [6.45, 7) is 2.17. The molecule has 1 heterocycles. The summed E-state index contributed by atoms with van der Waals surface area (Å²) in [6.07, 6.45) is 9.40. The van der Waals surface area contributed by atoms with Crippen LogP contribution in [0.25, 0.3) is 10.8 Å². The van der Waals surface area contributed by atoms with Crippen molar-refractivity contribution in [3.05, 3.63) is 106 Å². The minimum atomic E-state index is -1.51. The first-order valence-corrected chi connectivity index (χ1v) is 11.6. The molecule has 0 saturated carbocycles. The number of hydrogen-bond acceptors (Lipinski definition) is 2. The fourth-order valence-electron chi connectivity index (χ4n) is 3.81. The highest BCUT2D eigenvalue weighted by Gasteiger charge is 2.13. The minimum absolute atomic E-state index is 0.0416. The van der Waals surface area contributed by atoms with Crippen LogP contribution in [0.15, 0.2) is 54.9 Å². The average molecular weight is 477 g/mol. The van der Waals surface area contributed by atoms with E-state index in [-0.39, 0.29) is 16.3 Å². The Hall–Kier alpha value is -3.72. The minimum Gasteiger partial charge on any atom is -0.241 e. The van der Waals surface area contributed by atoms with Gasteiger partial charge in [-0.15, -0.1) is 0 Å². The number of fused-ring (bicyclic) bond motifs is 1. The van der Waals surface area contributed by atoms with Gasteiger partial charge in [0.05, 0.1) is 5.56 Å². The van der Waals surface area contributed by atoms with Gasteiger partial charge in [-0.2, -0.15) is 0 Å². The predicted octanol–water partition coefficient (Wildman–Crippen LogP) is 7.10. The number of aromatic nitrogens is 2. The van der Waals surface area contributed by atoms with Crippen molar-refractivity contribution in [1.82, 2.24) is 9.97 Å². The van der Waals surface area contributed by atoms with Crippen molar-refractivity contribution in [1.29, 1.82) is 0 Å². The number of aryl methyl sites for hydroxylation is 3. The summed E-state index contributed by atoms with van der Waals surface area (Å²) in [6, 6.07) is 10.0. The molecule has 0 aliphatic rings. The molecule has 0 unspecified atom stereocenters. The lowest BCUT2D eigenvalue weighted by molar-refractivity contribution is 0.453. The van der Waals surface area contributed by atoms with Gasteiger partial charge in [0, 0.05) is 29.8 Å². The van der Waals surface area contributed by atoms with E-state index in [0.29, 0.717) is 18.4 Å². The zero-order chi connectivity index (χ0) is 24.8. The van der Waals surface area contributed by atoms with E-state index in [2.05, 4.69) is 28.7 Å². The second kappa shape index (κ2) is 11.1. The van der Waals surface area contributed by atoms with E-state index in [1.807, 2.05) is 12.4 Å². The number of rotatable bonds is 7. The van der Waals surface area contributed by atoms with Crippen molar-refractivity contribution in [3.8, 4) is 11.8 Å². The molecule has 3 aromatic carbocycles. The molecule has 0 fully saturated rings. The maximum Gasteiger partial charge on any atom is 0.195 e. The van der Waals surface area contributed by atoms with Crippen LogP contribution in [0.1, 0.15) is 54.3 Å². The van der Waals surface area contributed by atoms with Gasteiger partial charge in [0.1, 0.15) is 11.6 Å². The third-order valence-corrected chi connectivity index (χ3v) is 5.81. The summed E-state index contributed by atoms with van der Waals surface area (Å²) < 4.78 is 55.4. The van der Waals surface area contributed by atoms with Gasteiger partial charge in [-0.05, 0) is 66.1 Å². The van der Waals surface area contributed by atoms with Gasteiger partial charge in [0.2, 0.25) is 0 Å². The highest BCUT2D eigenvalue weighted by molar-refractivity contribution is 5.84. The van der Waals surface area contributed by atoms with Crippen LogP contribution >= 0.6 is 0 Å². The van der Waals surface area contributed by atoms with Gasteiger partial charge in [-0.25, -0.2) is 27.5 Å². The molecule has 0 aliphatic heterocycles. The van der Waals surface area contributed by atoms with Crippen molar-refractivity contribution < 1.29 is 17.6 Å². The summed E-state index contributed by atoms with van der Waals surface area (Å²) in [7, 11) is 0. The topological polar surface area (TPSA) is 25.8 Å². The largest absolute Gasteiger partial charge is 0.241 e. The Kier molecular flexibility index (Phi) is 7.77. The highest BCUT2D eigenvalue weighted by atomic mass is 19.2. The lowest BCUT2D eigenvalue weighted by atomic mass is 10.0. The molecule has 0 bridgehead atoms. The summed E-state index contributed by atoms with van der Waals surface area (Å²) in [5, 5.41) is 0.139. The smallest absolute Gasteiger partial charge is 0.195 e. The standard InChI is InChI=1S/C29H24F4N2/c1-2-3-4-5-21-17-34-27(35-18-21)13-9-20-7-11-22(25(30)15-20)10-6-19-8-12-24-23(14-19)16-26(31)29(33)28(24)32/h7-8,11-12,14-18H,2-5,9,13H2,1H3. The molecule has 0 amide bonds. The van der Waals surface area contributed by atoms with E-state index in [1.165, 1.54) is 37.1 Å². The van der Waals surface area contributed by atoms with Crippen molar-refractivity contribution in [2.45, 2.75) is 45.4 Å². The van der Waals surface area contributed by atoms with Gasteiger partial charge >= 0.3 is 0 Å². The van der Waals surface area contributed by atoms with Crippen LogP contribution in [-0.2, 0) is 19.3 Å². The van der Waals surface area contributed by atoms with E-state index in [1.54, 1.807) is 12.1 Å². The zero-order valence-electron chi connectivity index (χ0n) is 19.3. The maximum absolute atomic E-state index is 14.6. The van der Waals surface area contributed by atoms with Crippen molar-refractivity contribution in [3.63, 3.8) is 0 Å². The molecule has 4 rings (SSSR count). The molecular formula is C29H24F4N2. The van der Waals surface area contributed by atoms with E-state index in [0.717, 1.165) is 35.9 Å². The van der Waals surface area contributed by atoms with E-state index in [9.17, 15) is 17.6 Å². The van der Waals surface area contributed by atoms with Crippen molar-refractivity contribution >= 4 is 10.8 Å². The highest BCUT2D eigenvalue weighted by Crippen LogP contribution is 2.24. The Bertz CT molecular complexity index is 1400. The fourth-order valence-corrected chi connectivity index (χ4v) is 3.81. The number of benzene rings is 3. The van der Waals surface area contributed by atoms with Crippen LogP contribution in [0.2, 0.25) is 0 Å². The van der Waals surface area contributed by atoms with Crippen LogP contribution in [0, 0.1) is 35.1 Å². The second-order valence-corrected chi connectivity index (χ2v) is 8.45. The molecule has 178 valence electrons. The first-order valence-electron chi connectivity index (χ1n) is 11.6. The summed E-state index contributed by atoms with van der Waals surface area (Å²) in [5.41, 5.74) is 2.58. The molecule has 6 heteroatoms. The summed E-state index contributed by atoms with van der Waals surface area (Å²) >= 11 is 0. The molecule has 0 saturated heterocycles. The third-order valence-electron chi connectivity index (χ3n) is 5.81. The Morgan fingerprint density at radius 1 is 0.714 bits per heavy atom. The van der Waals surface area contributed by atoms with Crippen molar-refractivity contribution in [2.75, 3.05) is 0 Å². The Morgan fingerprint density at radius 2 is 1.51 bits per heavy atom. The molecular weight excluding hydrogens is 452 g/mol. The molecule has 35 heavy (non-hydrogen) atoms. The number of nitrogens with zero attached hydrogens (tertiary/aromatic N) is 2. The monoisotopic (exact) mass is 476 g/mol. The van der Waals surface area contributed by atoms with Crippen LogP contribution < -0.4 is 0 Å². The lowest BCUT2D eigenvalue weighted by Gasteiger charge is -2.04. The molecule has 0 N–H and O–H groups in total. The number of halogens is 4. The van der Waals surface area contributed by atoms with Crippen LogP contribution in [-0.4, -0.2) is 9.97 Å². The first kappa shape index (κ1) is 24.4. The number of unbranched alkanes of at least 4 members (excludes halogenated alkanes) is 2. The molecule has 2 nitrogen and oxygen atoms in total. The van der Waals surface area contributed by atoms with Gasteiger partial charge in [-0.3, -0.25) is 0 Å². The van der Waals surface area contributed by atoms with Gasteiger partial charge in [-0.1, -0.05) is 43.7 Å². The van der Waals surface area contributed by atoms with E-state index in [4.69, 9.17) is 0 Å². The Balaban J connectivity index is 1.41. The molecule has 4 aromatic rings. The lowest BCUT2D eigenvalue weighted by Crippen LogP contribution is -2.00. The molecule has 0 atom stereocenters. The van der Waals surface area contributed by atoms with Crippen LogP contribution in [0.4, 0.5) is 17.6 Å². The van der Waals surface area contributed by atoms with Crippen molar-refractivity contribution in [2.24, 2.45) is 0 Å². The molecule has 0 aliphatic carbocycles. The number of hydrogen-bond donors (Lipinski definition) is 0. The predicted molar refractivity (Wildman–Crippen MR) is 129 cm³/mol. The summed E-state index contributed by atoms with van der Waals surface area (Å²) in [4.78, 5) is 8.84. The van der Waals surface area contributed by atoms with Crippen LogP contribution in [0.3, 0.4) is 0 Å². The molecule has 0 spiro atoms. The van der Waals surface area contributed by atoms with E-state index >= 15 is 0 Å². The summed E-state index contributed by atoms with van der Waals surface area (Å²) in [5.74, 6) is 1.80. The SMILES string of the molecule is CCCCCc1cnc(CCc2ccc(C#Cc3ccc4c(F)c(F)c(F)cc4c3)c(F)c2)nc1. The molecule has 1 aromatic heterocycles. The Morgan fingerprint density at radius 3 is 2.26 bits per heavy atom. The molecule has 0 radical (unpaired) electrons. The van der Waals surface area contributed by atoms with Gasteiger partial charge in [0.15, 0.2) is 17.5 Å². The van der Waals surface area contributed by atoms with Gasteiger partial charge in [0.25, 0.3) is 0 Å². The van der Waals surface area contributed by atoms with E-state index < -0.39 is 23.3 Å².